The Labute approximate surface area is 178 Å². The van der Waals surface area contributed by atoms with Gasteiger partial charge in [0, 0.05) is 5.56 Å². The first-order valence-electron chi connectivity index (χ1n) is 9.96. The third-order valence-corrected chi connectivity index (χ3v) is 5.71. The fraction of sp³-hybridized carbons (Fsp3) is 0.364. The topological polar surface area (TPSA) is 152 Å². The average Bonchev–Trinajstić information content (AvgIpc) is 3.32. The maximum atomic E-state index is 10.9. The summed E-state index contributed by atoms with van der Waals surface area (Å²) < 4.78 is 5.50. The highest BCUT2D eigenvalue weighted by molar-refractivity contribution is 5.71. The monoisotopic (exact) mass is 427 g/mol. The van der Waals surface area contributed by atoms with Crippen LogP contribution in [0.25, 0.3) is 22.5 Å². The molecule has 0 spiro atoms. The lowest BCUT2D eigenvalue weighted by molar-refractivity contribution is -0.250. The summed E-state index contributed by atoms with van der Waals surface area (Å²) in [6.07, 6.45) is -6.61. The summed E-state index contributed by atoms with van der Waals surface area (Å²) in [5.41, 5.74) is 4.03. The summed E-state index contributed by atoms with van der Waals surface area (Å²) in [6.45, 7) is 1.28. The van der Waals surface area contributed by atoms with Crippen molar-refractivity contribution < 1.29 is 30.3 Å². The van der Waals surface area contributed by atoms with Crippen LogP contribution in [0.2, 0.25) is 0 Å². The summed E-state index contributed by atoms with van der Waals surface area (Å²) in [6, 6.07) is 13.3. The van der Waals surface area contributed by atoms with Gasteiger partial charge >= 0.3 is 0 Å². The second-order valence-electron chi connectivity index (χ2n) is 7.72. The van der Waals surface area contributed by atoms with Crippen molar-refractivity contribution in [3.8, 4) is 22.5 Å². The lowest BCUT2D eigenvalue weighted by Crippen LogP contribution is -2.59. The molecule has 1 aliphatic heterocycles. The van der Waals surface area contributed by atoms with E-state index in [1.165, 1.54) is 6.33 Å². The molecule has 0 amide bonds. The molecule has 2 heterocycles. The van der Waals surface area contributed by atoms with Crippen molar-refractivity contribution in [2.24, 2.45) is 0 Å². The average molecular weight is 427 g/mol. The quantitative estimate of drug-likeness (QED) is 0.341. The van der Waals surface area contributed by atoms with Crippen LogP contribution in [0.1, 0.15) is 17.2 Å². The van der Waals surface area contributed by atoms with E-state index in [0.29, 0.717) is 11.4 Å². The summed E-state index contributed by atoms with van der Waals surface area (Å²) >= 11 is 0. The molecule has 2 aromatic carbocycles. The maximum Gasteiger partial charge on any atom is 0.155 e. The number of aliphatic hydroxyl groups excluding tert-OH is 5. The first-order chi connectivity index (χ1) is 14.9. The molecule has 9 heteroatoms. The van der Waals surface area contributed by atoms with Crippen molar-refractivity contribution in [3.63, 3.8) is 0 Å². The lowest BCUT2D eigenvalue weighted by Gasteiger charge is -2.42. The summed E-state index contributed by atoms with van der Waals surface area (Å²) in [4.78, 5) is 4.17. The van der Waals surface area contributed by atoms with Gasteiger partial charge in [0.1, 0.15) is 43.0 Å². The highest BCUT2D eigenvalue weighted by Crippen LogP contribution is 2.33. The number of aromatic amines is 1. The van der Waals surface area contributed by atoms with Crippen LogP contribution in [0.5, 0.6) is 0 Å². The minimum absolute atomic E-state index is 0.513. The van der Waals surface area contributed by atoms with Crippen LogP contribution in [-0.4, -0.2) is 77.8 Å². The fourth-order valence-electron chi connectivity index (χ4n) is 3.95. The van der Waals surface area contributed by atoms with E-state index in [9.17, 15) is 25.5 Å². The number of hydrogen-bond donors (Lipinski definition) is 6. The number of nitrogens with one attached hydrogen (secondary N) is 1. The van der Waals surface area contributed by atoms with Gasteiger partial charge in [0.25, 0.3) is 0 Å². The molecule has 1 aromatic heterocycles. The van der Waals surface area contributed by atoms with Gasteiger partial charge in [-0.3, -0.25) is 5.10 Å². The summed E-state index contributed by atoms with van der Waals surface area (Å²) in [5.74, 6) is 0.660. The largest absolute Gasteiger partial charge is 0.394 e. The molecular weight excluding hydrogens is 402 g/mol. The van der Waals surface area contributed by atoms with Crippen LogP contribution in [0.3, 0.4) is 0 Å². The van der Waals surface area contributed by atoms with E-state index in [-0.39, 0.29) is 0 Å². The molecule has 3 aromatic rings. The van der Waals surface area contributed by atoms with Crippen molar-refractivity contribution in [3.05, 3.63) is 59.9 Å². The number of aliphatic hydroxyl groups is 5. The molecule has 0 radical (unpaired) electrons. The van der Waals surface area contributed by atoms with Crippen LogP contribution < -0.4 is 0 Å². The third-order valence-electron chi connectivity index (χ3n) is 5.71. The Morgan fingerprint density at radius 3 is 2.42 bits per heavy atom. The molecule has 164 valence electrons. The SMILES string of the molecule is Cc1cc(-c2cccc(-c3ncn[nH]3)c2)ccc1[C@@H](O)[C@H]1OC(CO)[C@@H](O)[C@H](O)C1O. The molecule has 31 heavy (non-hydrogen) atoms. The Kier molecular flexibility index (Phi) is 6.15. The zero-order chi connectivity index (χ0) is 22.1. The standard InChI is InChI=1S/C22H25N3O6/c1-11-7-13(12-3-2-4-14(8-12)22-23-10-24-25-22)5-6-15(11)17(27)21-20(30)19(29)18(28)16(9-26)31-21/h2-8,10,16-21,26-30H,9H2,1H3,(H,23,24,25)/t16?,17-,18-,19+,20?,21-/m1/s1. The number of H-pyrrole nitrogens is 1. The molecule has 1 saturated heterocycles. The van der Waals surface area contributed by atoms with E-state index in [1.807, 2.05) is 43.3 Å². The predicted octanol–water partition coefficient (Wildman–Crippen LogP) is 0.323. The molecule has 0 saturated carbocycles. The lowest BCUT2D eigenvalue weighted by atomic mass is 9.87. The number of hydrogen-bond acceptors (Lipinski definition) is 8. The Balaban J connectivity index is 1.60. The van der Waals surface area contributed by atoms with Crippen LogP contribution in [0.15, 0.2) is 48.8 Å². The highest BCUT2D eigenvalue weighted by atomic mass is 16.6. The number of rotatable bonds is 5. The second-order valence-corrected chi connectivity index (χ2v) is 7.72. The highest BCUT2D eigenvalue weighted by Gasteiger charge is 2.46. The first kappa shape index (κ1) is 21.6. The van der Waals surface area contributed by atoms with Gasteiger partial charge < -0.3 is 30.3 Å². The van der Waals surface area contributed by atoms with Gasteiger partial charge in [0.05, 0.1) is 6.61 Å². The predicted molar refractivity (Wildman–Crippen MR) is 111 cm³/mol. The minimum atomic E-state index is -1.54. The van der Waals surface area contributed by atoms with Crippen molar-refractivity contribution in [1.29, 1.82) is 0 Å². The van der Waals surface area contributed by atoms with E-state index in [1.54, 1.807) is 6.07 Å². The van der Waals surface area contributed by atoms with Gasteiger partial charge in [-0.05, 0) is 35.2 Å². The molecule has 2 unspecified atom stereocenters. The summed E-state index contributed by atoms with van der Waals surface area (Å²) in [7, 11) is 0. The first-order valence-corrected chi connectivity index (χ1v) is 9.96. The normalized spacial score (nSPS) is 27.2. The number of nitrogens with zero attached hydrogens (tertiary/aromatic N) is 2. The number of aromatic nitrogens is 3. The molecule has 6 N–H and O–H groups in total. The Morgan fingerprint density at radius 2 is 1.74 bits per heavy atom. The fourth-order valence-corrected chi connectivity index (χ4v) is 3.95. The number of ether oxygens (including phenoxy) is 1. The van der Waals surface area contributed by atoms with Gasteiger partial charge in [-0.15, -0.1) is 0 Å². The molecular formula is C22H25N3O6. The molecule has 4 rings (SSSR count). The smallest absolute Gasteiger partial charge is 0.155 e. The van der Waals surface area contributed by atoms with Crippen molar-refractivity contribution in [1.82, 2.24) is 15.2 Å². The third kappa shape index (κ3) is 4.11. The van der Waals surface area contributed by atoms with E-state index in [2.05, 4.69) is 15.2 Å². The number of benzene rings is 2. The zero-order valence-electron chi connectivity index (χ0n) is 16.8. The zero-order valence-corrected chi connectivity index (χ0v) is 16.8. The molecule has 9 nitrogen and oxygen atoms in total. The second kappa shape index (κ2) is 8.83. The van der Waals surface area contributed by atoms with E-state index >= 15 is 0 Å². The van der Waals surface area contributed by atoms with Gasteiger partial charge in [-0.2, -0.15) is 5.10 Å². The van der Waals surface area contributed by atoms with E-state index in [0.717, 1.165) is 22.3 Å². The van der Waals surface area contributed by atoms with Gasteiger partial charge in [-0.25, -0.2) is 4.98 Å². The van der Waals surface area contributed by atoms with Gasteiger partial charge in [-0.1, -0.05) is 36.4 Å². The van der Waals surface area contributed by atoms with E-state index < -0.39 is 43.2 Å². The van der Waals surface area contributed by atoms with Crippen LogP contribution in [0.4, 0.5) is 0 Å². The minimum Gasteiger partial charge on any atom is -0.394 e. The van der Waals surface area contributed by atoms with E-state index in [4.69, 9.17) is 4.74 Å². The van der Waals surface area contributed by atoms with Crippen molar-refractivity contribution >= 4 is 0 Å². The van der Waals surface area contributed by atoms with Gasteiger partial charge in [0.2, 0.25) is 0 Å². The molecule has 0 aliphatic carbocycles. The Hall–Kier alpha value is -2.66. The Bertz CT molecular complexity index is 1030. The molecule has 1 fully saturated rings. The van der Waals surface area contributed by atoms with Crippen molar-refractivity contribution in [2.75, 3.05) is 6.61 Å². The van der Waals surface area contributed by atoms with Crippen LogP contribution >= 0.6 is 0 Å². The molecule has 0 bridgehead atoms. The number of aryl methyl sites for hydroxylation is 1. The van der Waals surface area contributed by atoms with Crippen LogP contribution in [-0.2, 0) is 4.74 Å². The van der Waals surface area contributed by atoms with Crippen LogP contribution in [0, 0.1) is 6.92 Å². The maximum absolute atomic E-state index is 10.9. The van der Waals surface area contributed by atoms with Crippen molar-refractivity contribution in [2.45, 2.75) is 43.5 Å². The summed E-state index contributed by atoms with van der Waals surface area (Å²) in [5, 5.41) is 57.2. The molecule has 6 atom stereocenters. The molecule has 1 aliphatic rings. The van der Waals surface area contributed by atoms with Gasteiger partial charge in [0.15, 0.2) is 5.82 Å². The Morgan fingerprint density at radius 1 is 1.00 bits per heavy atom.